The van der Waals surface area contributed by atoms with Crippen LogP contribution in [0.15, 0.2) is 29.3 Å². The quantitative estimate of drug-likeness (QED) is 0.895. The van der Waals surface area contributed by atoms with E-state index in [1.807, 2.05) is 0 Å². The van der Waals surface area contributed by atoms with Crippen molar-refractivity contribution in [1.29, 1.82) is 0 Å². The molecule has 0 unspecified atom stereocenters. The Balaban J connectivity index is 2.80. The largest absolute Gasteiger partial charge is 0.488 e. The molecule has 0 aliphatic carbocycles. The summed E-state index contributed by atoms with van der Waals surface area (Å²) in [6.07, 6.45) is 0.599. The molecule has 0 fully saturated rings. The smallest absolute Gasteiger partial charge is 0.123 e. The molecule has 0 bridgehead atoms. The van der Waals surface area contributed by atoms with E-state index >= 15 is 0 Å². The van der Waals surface area contributed by atoms with Gasteiger partial charge in [-0.25, -0.2) is 4.39 Å². The number of ether oxygens (including phenoxy) is 1. The van der Waals surface area contributed by atoms with Crippen LogP contribution >= 0.6 is 15.9 Å². The summed E-state index contributed by atoms with van der Waals surface area (Å²) in [5.41, 5.74) is 6.21. The van der Waals surface area contributed by atoms with Crippen molar-refractivity contribution in [2.75, 3.05) is 13.2 Å². The van der Waals surface area contributed by atoms with Crippen LogP contribution in [0.3, 0.4) is 0 Å². The Morgan fingerprint density at radius 1 is 1.53 bits per heavy atom. The van der Waals surface area contributed by atoms with Crippen molar-refractivity contribution in [2.45, 2.75) is 6.42 Å². The first-order valence-electron chi connectivity index (χ1n) is 4.58. The van der Waals surface area contributed by atoms with Crippen LogP contribution in [0.25, 0.3) is 0 Å². The maximum Gasteiger partial charge on any atom is 0.123 e. The van der Waals surface area contributed by atoms with Crippen LogP contribution in [0.5, 0.6) is 5.75 Å². The van der Waals surface area contributed by atoms with Gasteiger partial charge in [0.1, 0.15) is 18.2 Å². The van der Waals surface area contributed by atoms with E-state index in [9.17, 15) is 4.39 Å². The van der Waals surface area contributed by atoms with Gasteiger partial charge in [-0.2, -0.15) is 0 Å². The molecular weight excluding hydrogens is 261 g/mol. The van der Waals surface area contributed by atoms with Crippen LogP contribution in [0, 0.1) is 5.82 Å². The van der Waals surface area contributed by atoms with E-state index in [1.165, 1.54) is 12.1 Å². The molecule has 82 valence electrons. The van der Waals surface area contributed by atoms with Crippen molar-refractivity contribution >= 4 is 15.9 Å². The fourth-order valence-electron chi connectivity index (χ4n) is 1.20. The fourth-order valence-corrected chi connectivity index (χ4v) is 1.31. The molecule has 15 heavy (non-hydrogen) atoms. The maximum absolute atomic E-state index is 12.9. The first kappa shape index (κ1) is 12.2. The summed E-state index contributed by atoms with van der Waals surface area (Å²) in [6.45, 7) is 4.49. The van der Waals surface area contributed by atoms with Crippen LogP contribution in [0.1, 0.15) is 5.56 Å². The number of halogens is 2. The summed E-state index contributed by atoms with van der Waals surface area (Å²) in [6, 6.07) is 4.42. The zero-order valence-electron chi connectivity index (χ0n) is 8.30. The molecule has 0 spiro atoms. The number of hydrogen-bond acceptors (Lipinski definition) is 2. The lowest BCUT2D eigenvalue weighted by Gasteiger charge is -2.10. The highest BCUT2D eigenvalue weighted by Crippen LogP contribution is 2.21. The molecule has 0 aliphatic rings. The van der Waals surface area contributed by atoms with Gasteiger partial charge in [-0.05, 0) is 36.7 Å². The van der Waals surface area contributed by atoms with Crippen LogP contribution in [-0.4, -0.2) is 13.2 Å². The van der Waals surface area contributed by atoms with Gasteiger partial charge in [0.25, 0.3) is 0 Å². The first-order chi connectivity index (χ1) is 7.13. The Bertz CT molecular complexity index is 354. The summed E-state index contributed by atoms with van der Waals surface area (Å²) in [7, 11) is 0. The molecule has 4 heteroatoms. The zero-order chi connectivity index (χ0) is 11.3. The summed E-state index contributed by atoms with van der Waals surface area (Å²) in [5.74, 6) is 0.380. The van der Waals surface area contributed by atoms with Gasteiger partial charge in [-0.1, -0.05) is 22.5 Å². The van der Waals surface area contributed by atoms with E-state index < -0.39 is 0 Å². The van der Waals surface area contributed by atoms with Gasteiger partial charge in [0, 0.05) is 4.48 Å². The minimum absolute atomic E-state index is 0.275. The van der Waals surface area contributed by atoms with Crippen LogP contribution < -0.4 is 10.5 Å². The van der Waals surface area contributed by atoms with Crippen molar-refractivity contribution < 1.29 is 9.13 Å². The Morgan fingerprint density at radius 2 is 2.27 bits per heavy atom. The predicted molar refractivity (Wildman–Crippen MR) is 62.7 cm³/mol. The molecule has 0 heterocycles. The third-order valence-corrected chi connectivity index (χ3v) is 2.05. The van der Waals surface area contributed by atoms with E-state index in [4.69, 9.17) is 10.5 Å². The SMILES string of the molecule is C=C(Br)COc1ccc(F)cc1CCN. The van der Waals surface area contributed by atoms with E-state index in [0.29, 0.717) is 25.3 Å². The first-order valence-corrected chi connectivity index (χ1v) is 5.37. The normalized spacial score (nSPS) is 10.1. The molecule has 1 aromatic carbocycles. The number of nitrogens with two attached hydrogens (primary N) is 1. The molecule has 0 aliphatic heterocycles. The van der Waals surface area contributed by atoms with Crippen molar-refractivity contribution in [3.05, 3.63) is 40.6 Å². The molecule has 0 amide bonds. The molecule has 1 aromatic rings. The molecule has 0 saturated carbocycles. The molecule has 0 atom stereocenters. The number of benzene rings is 1. The van der Waals surface area contributed by atoms with Gasteiger partial charge in [-0.3, -0.25) is 0 Å². The highest BCUT2D eigenvalue weighted by atomic mass is 79.9. The predicted octanol–water partition coefficient (Wildman–Crippen LogP) is 2.61. The van der Waals surface area contributed by atoms with Crippen LogP contribution in [-0.2, 0) is 6.42 Å². The van der Waals surface area contributed by atoms with E-state index in [1.54, 1.807) is 6.07 Å². The van der Waals surface area contributed by atoms with Gasteiger partial charge in [0.15, 0.2) is 0 Å². The Hall–Kier alpha value is -0.870. The van der Waals surface area contributed by atoms with Gasteiger partial charge < -0.3 is 10.5 Å². The molecular formula is C11H13BrFNO. The highest BCUT2D eigenvalue weighted by Gasteiger charge is 2.04. The summed E-state index contributed by atoms with van der Waals surface area (Å²) in [4.78, 5) is 0. The lowest BCUT2D eigenvalue weighted by atomic mass is 10.1. The number of hydrogen-bond donors (Lipinski definition) is 1. The Kier molecular flexibility index (Phi) is 4.78. The second-order valence-corrected chi connectivity index (χ2v) is 4.22. The fraction of sp³-hybridized carbons (Fsp3) is 0.273. The van der Waals surface area contributed by atoms with Gasteiger partial charge in [0.2, 0.25) is 0 Å². The average Bonchev–Trinajstić information content (AvgIpc) is 2.17. The lowest BCUT2D eigenvalue weighted by molar-refractivity contribution is 0.356. The lowest BCUT2D eigenvalue weighted by Crippen LogP contribution is -2.06. The summed E-state index contributed by atoms with van der Waals surface area (Å²) < 4.78 is 19.1. The average molecular weight is 274 g/mol. The van der Waals surface area contributed by atoms with Gasteiger partial charge in [-0.15, -0.1) is 0 Å². The summed E-state index contributed by atoms with van der Waals surface area (Å²) in [5, 5.41) is 0. The molecule has 2 nitrogen and oxygen atoms in total. The van der Waals surface area contributed by atoms with Crippen molar-refractivity contribution in [2.24, 2.45) is 5.73 Å². The Morgan fingerprint density at radius 3 is 2.87 bits per heavy atom. The van der Waals surface area contributed by atoms with E-state index in [-0.39, 0.29) is 5.82 Å². The molecule has 0 radical (unpaired) electrons. The molecule has 0 aromatic heterocycles. The molecule has 1 rings (SSSR count). The zero-order valence-corrected chi connectivity index (χ0v) is 9.89. The third kappa shape index (κ3) is 4.01. The Labute approximate surface area is 97.1 Å². The maximum atomic E-state index is 12.9. The van der Waals surface area contributed by atoms with Crippen LogP contribution in [0.4, 0.5) is 4.39 Å². The van der Waals surface area contributed by atoms with E-state index in [0.717, 1.165) is 10.0 Å². The van der Waals surface area contributed by atoms with Crippen molar-refractivity contribution in [1.82, 2.24) is 0 Å². The topological polar surface area (TPSA) is 35.2 Å². The monoisotopic (exact) mass is 273 g/mol. The second kappa shape index (κ2) is 5.88. The van der Waals surface area contributed by atoms with Gasteiger partial charge >= 0.3 is 0 Å². The minimum atomic E-state index is -0.275. The standard InChI is InChI=1S/C11H13BrFNO/c1-8(12)7-15-11-3-2-10(13)6-9(11)4-5-14/h2-3,6H,1,4-5,7,14H2. The summed E-state index contributed by atoms with van der Waals surface area (Å²) >= 11 is 3.19. The van der Waals surface area contributed by atoms with E-state index in [2.05, 4.69) is 22.5 Å². The van der Waals surface area contributed by atoms with Crippen LogP contribution in [0.2, 0.25) is 0 Å². The van der Waals surface area contributed by atoms with Crippen molar-refractivity contribution in [3.8, 4) is 5.75 Å². The second-order valence-electron chi connectivity index (χ2n) is 3.10. The third-order valence-electron chi connectivity index (χ3n) is 1.82. The highest BCUT2D eigenvalue weighted by molar-refractivity contribution is 9.11. The van der Waals surface area contributed by atoms with Crippen molar-refractivity contribution in [3.63, 3.8) is 0 Å². The molecule has 0 saturated heterocycles. The number of rotatable bonds is 5. The minimum Gasteiger partial charge on any atom is -0.488 e. The molecule has 2 N–H and O–H groups in total. The van der Waals surface area contributed by atoms with Gasteiger partial charge in [0.05, 0.1) is 0 Å².